The summed E-state index contributed by atoms with van der Waals surface area (Å²) in [4.78, 5) is 23.7. The van der Waals surface area contributed by atoms with Crippen molar-refractivity contribution >= 4 is 43.3 Å². The first-order valence-electron chi connectivity index (χ1n) is 8.76. The van der Waals surface area contributed by atoms with Crippen molar-refractivity contribution in [2.24, 2.45) is 5.92 Å². The molecule has 2 rings (SSSR count). The Kier molecular flexibility index (Phi) is 7.77. The number of hydrogen-bond donors (Lipinski definition) is 2. The Morgan fingerprint density at radius 1 is 1.04 bits per heavy atom. The van der Waals surface area contributed by atoms with Gasteiger partial charge in [0.2, 0.25) is 11.8 Å². The predicted molar refractivity (Wildman–Crippen MR) is 113 cm³/mol. The summed E-state index contributed by atoms with van der Waals surface area (Å²) in [6, 6.07) is 14.0. The lowest BCUT2D eigenvalue weighted by molar-refractivity contribution is -0.119. The highest BCUT2D eigenvalue weighted by Crippen LogP contribution is 2.14. The molecule has 2 aromatic rings. The highest BCUT2D eigenvalue weighted by atomic mass is 79.9. The molecule has 2 amide bonds. The van der Waals surface area contributed by atoms with Gasteiger partial charge in [-0.05, 0) is 35.4 Å². The molecule has 0 aromatic heterocycles. The van der Waals surface area contributed by atoms with Crippen LogP contribution in [0.5, 0.6) is 0 Å². The van der Waals surface area contributed by atoms with Crippen LogP contribution in [0, 0.1) is 5.92 Å². The largest absolute Gasteiger partial charge is 0.351 e. The van der Waals surface area contributed by atoms with Crippen LogP contribution in [0.1, 0.15) is 25.0 Å². The maximum Gasteiger partial charge on any atom is 0.235 e. The molecule has 0 aliphatic carbocycles. The number of hydrogen-bond acceptors (Lipinski definition) is 4. The van der Waals surface area contributed by atoms with E-state index in [0.29, 0.717) is 11.3 Å². The normalized spacial score (nSPS) is 11.3. The third-order valence-electron chi connectivity index (χ3n) is 3.86. The van der Waals surface area contributed by atoms with Crippen molar-refractivity contribution in [3.63, 3.8) is 0 Å². The molecular formula is C20H23BrN2O4S. The average Bonchev–Trinajstić information content (AvgIpc) is 2.60. The first-order chi connectivity index (χ1) is 13.1. The number of carbonyl (C=O) groups excluding carboxylic acids is 2. The van der Waals surface area contributed by atoms with Gasteiger partial charge in [0.1, 0.15) is 5.75 Å². The van der Waals surface area contributed by atoms with Crippen molar-refractivity contribution in [3.8, 4) is 0 Å². The number of amides is 2. The fourth-order valence-electron chi connectivity index (χ4n) is 2.38. The van der Waals surface area contributed by atoms with E-state index in [1.54, 1.807) is 42.5 Å². The fraction of sp³-hybridized carbons (Fsp3) is 0.300. The van der Waals surface area contributed by atoms with Crippen LogP contribution in [0.3, 0.4) is 0 Å². The minimum absolute atomic E-state index is 0.0725. The first kappa shape index (κ1) is 22.1. The van der Waals surface area contributed by atoms with E-state index in [1.807, 2.05) is 19.9 Å². The van der Waals surface area contributed by atoms with Crippen LogP contribution in [0.2, 0.25) is 0 Å². The number of nitrogens with one attached hydrogen (secondary N) is 2. The summed E-state index contributed by atoms with van der Waals surface area (Å²) in [7, 11) is -3.56. The summed E-state index contributed by atoms with van der Waals surface area (Å²) in [6.45, 7) is 3.83. The third kappa shape index (κ3) is 7.44. The van der Waals surface area contributed by atoms with Crippen LogP contribution < -0.4 is 10.6 Å². The molecule has 28 heavy (non-hydrogen) atoms. The van der Waals surface area contributed by atoms with E-state index < -0.39 is 21.5 Å². The number of anilines is 1. The molecule has 0 fully saturated rings. The molecule has 2 aromatic carbocycles. The maximum atomic E-state index is 12.2. The van der Waals surface area contributed by atoms with Crippen LogP contribution in [0.25, 0.3) is 0 Å². The number of carbonyl (C=O) groups is 2. The SMILES string of the molecule is CC(C)C(=O)Nc1ccc(CNC(=O)CS(=O)(=O)Cc2cccc(Br)c2)cc1. The smallest absolute Gasteiger partial charge is 0.235 e. The van der Waals surface area contributed by atoms with Crippen molar-refractivity contribution in [2.75, 3.05) is 11.1 Å². The summed E-state index contributed by atoms with van der Waals surface area (Å²) in [5.41, 5.74) is 2.10. The topological polar surface area (TPSA) is 92.3 Å². The van der Waals surface area contributed by atoms with Gasteiger partial charge in [0, 0.05) is 22.6 Å². The van der Waals surface area contributed by atoms with E-state index in [4.69, 9.17) is 0 Å². The maximum absolute atomic E-state index is 12.2. The van der Waals surface area contributed by atoms with Gasteiger partial charge in [-0.2, -0.15) is 0 Å². The van der Waals surface area contributed by atoms with E-state index in [9.17, 15) is 18.0 Å². The third-order valence-corrected chi connectivity index (χ3v) is 5.83. The van der Waals surface area contributed by atoms with Gasteiger partial charge in [0.25, 0.3) is 0 Å². The van der Waals surface area contributed by atoms with Crippen molar-refractivity contribution in [3.05, 3.63) is 64.1 Å². The molecule has 0 radical (unpaired) electrons. The monoisotopic (exact) mass is 466 g/mol. The summed E-state index contributed by atoms with van der Waals surface area (Å²) in [6.07, 6.45) is 0. The van der Waals surface area contributed by atoms with Gasteiger partial charge in [0.15, 0.2) is 9.84 Å². The standard InChI is InChI=1S/C20H23BrN2O4S/c1-14(2)20(25)23-18-8-6-15(7-9-18)11-22-19(24)13-28(26,27)12-16-4-3-5-17(21)10-16/h3-10,14H,11-13H2,1-2H3,(H,22,24)(H,23,25). The molecule has 150 valence electrons. The minimum atomic E-state index is -3.56. The number of sulfone groups is 1. The molecule has 2 N–H and O–H groups in total. The Morgan fingerprint density at radius 3 is 2.32 bits per heavy atom. The minimum Gasteiger partial charge on any atom is -0.351 e. The summed E-state index contributed by atoms with van der Waals surface area (Å²) in [5, 5.41) is 5.40. The Bertz CT molecular complexity index is 941. The van der Waals surface area contributed by atoms with Gasteiger partial charge in [-0.1, -0.05) is 54.0 Å². The predicted octanol–water partition coefficient (Wildman–Crippen LogP) is 3.27. The summed E-state index contributed by atoms with van der Waals surface area (Å²) in [5.74, 6) is -1.49. The summed E-state index contributed by atoms with van der Waals surface area (Å²) < 4.78 is 25.2. The lowest BCUT2D eigenvalue weighted by Gasteiger charge is -2.09. The first-order valence-corrected chi connectivity index (χ1v) is 11.4. The quantitative estimate of drug-likeness (QED) is 0.624. The Balaban J connectivity index is 1.85. The zero-order chi connectivity index (χ0) is 20.7. The Hall–Kier alpha value is -2.19. The van der Waals surface area contributed by atoms with Crippen molar-refractivity contribution in [1.82, 2.24) is 5.32 Å². The molecule has 0 aliphatic rings. The van der Waals surface area contributed by atoms with Gasteiger partial charge >= 0.3 is 0 Å². The lowest BCUT2D eigenvalue weighted by Crippen LogP contribution is -2.30. The second kappa shape index (κ2) is 9.84. The highest BCUT2D eigenvalue weighted by molar-refractivity contribution is 9.10. The van der Waals surface area contributed by atoms with Crippen molar-refractivity contribution in [2.45, 2.75) is 26.1 Å². The number of halogens is 1. The average molecular weight is 467 g/mol. The molecule has 0 saturated carbocycles. The Labute approximate surface area is 173 Å². The second-order valence-corrected chi connectivity index (χ2v) is 9.76. The molecule has 0 saturated heterocycles. The second-order valence-electron chi connectivity index (χ2n) is 6.78. The van der Waals surface area contributed by atoms with E-state index in [-0.39, 0.29) is 24.1 Å². The number of rotatable bonds is 8. The van der Waals surface area contributed by atoms with Gasteiger partial charge in [0.05, 0.1) is 5.75 Å². The van der Waals surface area contributed by atoms with E-state index in [0.717, 1.165) is 10.0 Å². The molecule has 0 heterocycles. The van der Waals surface area contributed by atoms with E-state index in [1.165, 1.54) is 0 Å². The molecule has 0 unspecified atom stereocenters. The lowest BCUT2D eigenvalue weighted by atomic mass is 10.1. The fourth-order valence-corrected chi connectivity index (χ4v) is 4.11. The van der Waals surface area contributed by atoms with Crippen LogP contribution in [-0.2, 0) is 31.7 Å². The zero-order valence-corrected chi connectivity index (χ0v) is 18.1. The molecule has 6 nitrogen and oxygen atoms in total. The Morgan fingerprint density at radius 2 is 1.71 bits per heavy atom. The molecule has 0 spiro atoms. The zero-order valence-electron chi connectivity index (χ0n) is 15.7. The van der Waals surface area contributed by atoms with Crippen LogP contribution in [0.15, 0.2) is 53.0 Å². The van der Waals surface area contributed by atoms with E-state index >= 15 is 0 Å². The molecule has 0 aliphatic heterocycles. The highest BCUT2D eigenvalue weighted by Gasteiger charge is 2.17. The van der Waals surface area contributed by atoms with Crippen molar-refractivity contribution in [1.29, 1.82) is 0 Å². The molecule has 0 atom stereocenters. The molecule has 8 heteroatoms. The van der Waals surface area contributed by atoms with Crippen LogP contribution in [-0.4, -0.2) is 26.0 Å². The summed E-state index contributed by atoms with van der Waals surface area (Å²) >= 11 is 3.30. The van der Waals surface area contributed by atoms with Crippen LogP contribution in [0.4, 0.5) is 5.69 Å². The molecule has 0 bridgehead atoms. The van der Waals surface area contributed by atoms with Crippen LogP contribution >= 0.6 is 15.9 Å². The molecular weight excluding hydrogens is 444 g/mol. The van der Waals surface area contributed by atoms with Gasteiger partial charge in [-0.3, -0.25) is 9.59 Å². The van der Waals surface area contributed by atoms with E-state index in [2.05, 4.69) is 26.6 Å². The number of benzene rings is 2. The van der Waals surface area contributed by atoms with Gasteiger partial charge in [-0.15, -0.1) is 0 Å². The van der Waals surface area contributed by atoms with Gasteiger partial charge < -0.3 is 10.6 Å². The van der Waals surface area contributed by atoms with Crippen molar-refractivity contribution < 1.29 is 18.0 Å². The van der Waals surface area contributed by atoms with Gasteiger partial charge in [-0.25, -0.2) is 8.42 Å².